The van der Waals surface area contributed by atoms with Crippen molar-refractivity contribution in [1.29, 1.82) is 0 Å². The minimum absolute atomic E-state index is 0.151. The van der Waals surface area contributed by atoms with Gasteiger partial charge in [-0.05, 0) is 25.5 Å². The van der Waals surface area contributed by atoms with E-state index < -0.39 is 23.9 Å². The van der Waals surface area contributed by atoms with Crippen LogP contribution in [0.25, 0.3) is 0 Å². The van der Waals surface area contributed by atoms with Gasteiger partial charge in [-0.1, -0.05) is 17.7 Å². The lowest BCUT2D eigenvalue weighted by Gasteiger charge is -2.13. The molecule has 0 saturated heterocycles. The average molecular weight is 265 g/mol. The van der Waals surface area contributed by atoms with E-state index in [1.165, 1.54) is 0 Å². The van der Waals surface area contributed by atoms with Gasteiger partial charge >= 0.3 is 11.9 Å². The summed E-state index contributed by atoms with van der Waals surface area (Å²) in [7, 11) is 0. The summed E-state index contributed by atoms with van der Waals surface area (Å²) < 4.78 is 0. The number of carbonyl (C=O) groups excluding carboxylic acids is 1. The summed E-state index contributed by atoms with van der Waals surface area (Å²) in [6, 6.07) is 5.44. The van der Waals surface area contributed by atoms with Crippen LogP contribution in [-0.4, -0.2) is 34.1 Å². The van der Waals surface area contributed by atoms with Crippen LogP contribution in [-0.2, 0) is 9.59 Å². The van der Waals surface area contributed by atoms with Crippen molar-refractivity contribution >= 4 is 17.8 Å². The highest BCUT2D eigenvalue weighted by molar-refractivity contribution is 5.96. The number of aliphatic carboxylic acids is 2. The van der Waals surface area contributed by atoms with Gasteiger partial charge in [0, 0.05) is 12.0 Å². The van der Waals surface area contributed by atoms with Crippen LogP contribution in [0.4, 0.5) is 0 Å². The van der Waals surface area contributed by atoms with Gasteiger partial charge in [0.2, 0.25) is 0 Å². The largest absolute Gasteiger partial charge is 0.481 e. The molecule has 0 aliphatic rings. The highest BCUT2D eigenvalue weighted by Gasteiger charge is 2.21. The third-order valence-corrected chi connectivity index (χ3v) is 2.56. The SMILES string of the molecule is Cc1ccc(C(=O)NC(CCC(=O)O)C(=O)O)cc1. The van der Waals surface area contributed by atoms with E-state index in [1.54, 1.807) is 24.3 Å². The molecule has 102 valence electrons. The molecule has 1 amide bonds. The zero-order valence-electron chi connectivity index (χ0n) is 10.4. The Bertz CT molecular complexity index is 480. The van der Waals surface area contributed by atoms with Crippen molar-refractivity contribution < 1.29 is 24.6 Å². The molecule has 1 unspecified atom stereocenters. The lowest BCUT2D eigenvalue weighted by Crippen LogP contribution is -2.41. The van der Waals surface area contributed by atoms with Gasteiger partial charge in [-0.25, -0.2) is 4.79 Å². The number of benzene rings is 1. The van der Waals surface area contributed by atoms with Crippen molar-refractivity contribution in [2.45, 2.75) is 25.8 Å². The van der Waals surface area contributed by atoms with Gasteiger partial charge < -0.3 is 15.5 Å². The quantitative estimate of drug-likeness (QED) is 0.713. The van der Waals surface area contributed by atoms with E-state index in [0.29, 0.717) is 5.56 Å². The van der Waals surface area contributed by atoms with E-state index in [-0.39, 0.29) is 12.8 Å². The lowest BCUT2D eigenvalue weighted by molar-refractivity contribution is -0.140. The molecule has 0 radical (unpaired) electrons. The van der Waals surface area contributed by atoms with E-state index in [1.807, 2.05) is 6.92 Å². The monoisotopic (exact) mass is 265 g/mol. The van der Waals surface area contributed by atoms with Crippen molar-refractivity contribution in [3.63, 3.8) is 0 Å². The number of rotatable bonds is 6. The number of carboxylic acid groups (broad SMARTS) is 2. The molecule has 6 heteroatoms. The Morgan fingerprint density at radius 2 is 1.74 bits per heavy atom. The fourth-order valence-electron chi connectivity index (χ4n) is 1.47. The Balaban J connectivity index is 2.68. The third kappa shape index (κ3) is 4.79. The number of amides is 1. The van der Waals surface area contributed by atoms with Crippen LogP contribution < -0.4 is 5.32 Å². The summed E-state index contributed by atoms with van der Waals surface area (Å²) in [5, 5.41) is 19.7. The zero-order chi connectivity index (χ0) is 14.4. The molecule has 19 heavy (non-hydrogen) atoms. The van der Waals surface area contributed by atoms with E-state index in [0.717, 1.165) is 5.56 Å². The molecule has 3 N–H and O–H groups in total. The summed E-state index contributed by atoms with van der Waals surface area (Å²) in [6.07, 6.45) is -0.465. The van der Waals surface area contributed by atoms with Crippen molar-refractivity contribution in [2.24, 2.45) is 0 Å². The second-order valence-corrected chi connectivity index (χ2v) is 4.16. The number of nitrogens with one attached hydrogen (secondary N) is 1. The van der Waals surface area contributed by atoms with Gasteiger partial charge in [-0.15, -0.1) is 0 Å². The zero-order valence-corrected chi connectivity index (χ0v) is 10.4. The number of carboxylic acids is 2. The highest BCUT2D eigenvalue weighted by atomic mass is 16.4. The van der Waals surface area contributed by atoms with E-state index in [4.69, 9.17) is 10.2 Å². The molecule has 1 atom stereocenters. The highest BCUT2D eigenvalue weighted by Crippen LogP contribution is 2.05. The molecule has 0 aromatic heterocycles. The van der Waals surface area contributed by atoms with Crippen LogP contribution in [0.5, 0.6) is 0 Å². The minimum Gasteiger partial charge on any atom is -0.481 e. The van der Waals surface area contributed by atoms with Gasteiger partial charge in [0.05, 0.1) is 0 Å². The summed E-state index contributed by atoms with van der Waals surface area (Å²) in [5.74, 6) is -2.88. The van der Waals surface area contributed by atoms with Crippen LogP contribution in [0.15, 0.2) is 24.3 Å². The Kier molecular flexibility index (Phi) is 5.05. The normalized spacial score (nSPS) is 11.6. The van der Waals surface area contributed by atoms with Gasteiger partial charge in [-0.2, -0.15) is 0 Å². The molecular weight excluding hydrogens is 250 g/mol. The number of hydrogen-bond donors (Lipinski definition) is 3. The van der Waals surface area contributed by atoms with Crippen LogP contribution >= 0.6 is 0 Å². The third-order valence-electron chi connectivity index (χ3n) is 2.56. The molecule has 0 bridgehead atoms. The molecule has 1 aromatic carbocycles. The van der Waals surface area contributed by atoms with Gasteiger partial charge in [0.15, 0.2) is 0 Å². The number of carbonyl (C=O) groups is 3. The topological polar surface area (TPSA) is 104 Å². The van der Waals surface area contributed by atoms with Gasteiger partial charge in [-0.3, -0.25) is 9.59 Å². The molecule has 6 nitrogen and oxygen atoms in total. The lowest BCUT2D eigenvalue weighted by atomic mass is 10.1. The molecule has 1 rings (SSSR count). The fraction of sp³-hybridized carbons (Fsp3) is 0.308. The Morgan fingerprint density at radius 3 is 2.21 bits per heavy atom. The summed E-state index contributed by atoms with van der Waals surface area (Å²) in [6.45, 7) is 1.87. The maximum absolute atomic E-state index is 11.8. The second-order valence-electron chi connectivity index (χ2n) is 4.16. The van der Waals surface area contributed by atoms with Crippen molar-refractivity contribution in [1.82, 2.24) is 5.32 Å². The van der Waals surface area contributed by atoms with Gasteiger partial charge in [0.1, 0.15) is 6.04 Å². The molecule has 0 heterocycles. The van der Waals surface area contributed by atoms with Crippen LogP contribution in [0.1, 0.15) is 28.8 Å². The Hall–Kier alpha value is -2.37. The molecular formula is C13H15NO5. The summed E-state index contributed by atoms with van der Waals surface area (Å²) >= 11 is 0. The Morgan fingerprint density at radius 1 is 1.16 bits per heavy atom. The van der Waals surface area contributed by atoms with Crippen molar-refractivity contribution in [3.8, 4) is 0 Å². The maximum atomic E-state index is 11.8. The molecule has 0 saturated carbocycles. The molecule has 1 aromatic rings. The predicted octanol–water partition coefficient (Wildman–Crippen LogP) is 1.04. The molecule has 0 spiro atoms. The summed E-state index contributed by atoms with van der Waals surface area (Å²) in [5.41, 5.74) is 1.32. The first-order valence-corrected chi connectivity index (χ1v) is 5.72. The van der Waals surface area contributed by atoms with Crippen molar-refractivity contribution in [3.05, 3.63) is 35.4 Å². The van der Waals surface area contributed by atoms with Gasteiger partial charge in [0.25, 0.3) is 5.91 Å². The Labute approximate surface area is 110 Å². The predicted molar refractivity (Wildman–Crippen MR) is 66.9 cm³/mol. The molecule has 0 aliphatic heterocycles. The minimum atomic E-state index is -1.25. The smallest absolute Gasteiger partial charge is 0.326 e. The standard InChI is InChI=1S/C13H15NO5/c1-8-2-4-9(5-3-8)12(17)14-10(13(18)19)6-7-11(15)16/h2-5,10H,6-7H2,1H3,(H,14,17)(H,15,16)(H,18,19). The average Bonchev–Trinajstić information content (AvgIpc) is 2.34. The van der Waals surface area contributed by atoms with Crippen LogP contribution in [0.3, 0.4) is 0 Å². The first-order valence-electron chi connectivity index (χ1n) is 5.72. The van der Waals surface area contributed by atoms with E-state index >= 15 is 0 Å². The van der Waals surface area contributed by atoms with Crippen molar-refractivity contribution in [2.75, 3.05) is 0 Å². The molecule has 0 fully saturated rings. The molecule has 0 aliphatic carbocycles. The number of aryl methyl sites for hydroxylation is 1. The first kappa shape index (κ1) is 14.7. The summed E-state index contributed by atoms with van der Waals surface area (Å²) in [4.78, 5) is 33.1. The van der Waals surface area contributed by atoms with E-state index in [9.17, 15) is 14.4 Å². The fourth-order valence-corrected chi connectivity index (χ4v) is 1.47. The van der Waals surface area contributed by atoms with Crippen LogP contribution in [0.2, 0.25) is 0 Å². The number of hydrogen-bond acceptors (Lipinski definition) is 3. The van der Waals surface area contributed by atoms with Crippen LogP contribution in [0, 0.1) is 6.92 Å². The van der Waals surface area contributed by atoms with E-state index in [2.05, 4.69) is 5.32 Å². The second kappa shape index (κ2) is 6.53. The first-order chi connectivity index (χ1) is 8.90. The maximum Gasteiger partial charge on any atom is 0.326 e.